The third-order valence-electron chi connectivity index (χ3n) is 2.88. The van der Waals surface area contributed by atoms with Crippen molar-refractivity contribution in [1.29, 1.82) is 0 Å². The zero-order chi connectivity index (χ0) is 13.0. The van der Waals surface area contributed by atoms with Crippen molar-refractivity contribution < 1.29 is 9.84 Å². The topological polar surface area (TPSA) is 55.5 Å². The van der Waals surface area contributed by atoms with Crippen molar-refractivity contribution in [2.45, 2.75) is 20.1 Å². The first kappa shape index (κ1) is 12.5. The summed E-state index contributed by atoms with van der Waals surface area (Å²) in [7, 11) is 0. The summed E-state index contributed by atoms with van der Waals surface area (Å²) in [6.45, 7) is 2.49. The normalized spacial score (nSPS) is 10.3. The van der Waals surface area contributed by atoms with Crippen molar-refractivity contribution in [3.63, 3.8) is 0 Å². The average Bonchev–Trinajstić information content (AvgIpc) is 2.41. The molecule has 0 amide bonds. The molecule has 3 N–H and O–H groups in total. The van der Waals surface area contributed by atoms with Crippen LogP contribution in [0, 0.1) is 6.92 Å². The van der Waals surface area contributed by atoms with E-state index in [0.717, 1.165) is 16.7 Å². The number of ether oxygens (including phenoxy) is 1. The van der Waals surface area contributed by atoms with E-state index in [2.05, 4.69) is 0 Å². The Bertz CT molecular complexity index is 521. The third kappa shape index (κ3) is 2.81. The van der Waals surface area contributed by atoms with Crippen LogP contribution in [0.3, 0.4) is 0 Å². The van der Waals surface area contributed by atoms with Gasteiger partial charge >= 0.3 is 0 Å². The minimum absolute atomic E-state index is 0.0615. The Kier molecular flexibility index (Phi) is 3.85. The molecule has 0 saturated carbocycles. The number of aliphatic hydroxyl groups excluding tert-OH is 1. The highest BCUT2D eigenvalue weighted by Crippen LogP contribution is 2.25. The van der Waals surface area contributed by atoms with Gasteiger partial charge in [-0.1, -0.05) is 36.4 Å². The van der Waals surface area contributed by atoms with Gasteiger partial charge in [-0.3, -0.25) is 0 Å². The van der Waals surface area contributed by atoms with Gasteiger partial charge in [-0.25, -0.2) is 0 Å². The van der Waals surface area contributed by atoms with Crippen LogP contribution in [0.15, 0.2) is 42.5 Å². The zero-order valence-electron chi connectivity index (χ0n) is 10.4. The van der Waals surface area contributed by atoms with E-state index < -0.39 is 0 Å². The van der Waals surface area contributed by atoms with Gasteiger partial charge < -0.3 is 15.6 Å². The smallest absolute Gasteiger partial charge is 0.142 e. The van der Waals surface area contributed by atoms with E-state index in [0.29, 0.717) is 18.0 Å². The van der Waals surface area contributed by atoms with E-state index in [9.17, 15) is 0 Å². The number of anilines is 1. The van der Waals surface area contributed by atoms with Crippen LogP contribution in [0.25, 0.3) is 0 Å². The second-order valence-corrected chi connectivity index (χ2v) is 4.25. The Labute approximate surface area is 107 Å². The molecule has 0 aliphatic carbocycles. The summed E-state index contributed by atoms with van der Waals surface area (Å²) in [5.41, 5.74) is 9.58. The molecule has 0 atom stereocenters. The van der Waals surface area contributed by atoms with Gasteiger partial charge in [0.2, 0.25) is 0 Å². The lowest BCUT2D eigenvalue weighted by molar-refractivity contribution is 0.281. The van der Waals surface area contributed by atoms with E-state index in [1.165, 1.54) is 0 Å². The number of nitrogens with two attached hydrogens (primary N) is 1. The molecular weight excluding hydrogens is 226 g/mol. The molecule has 0 bridgehead atoms. The molecule has 3 heteroatoms. The lowest BCUT2D eigenvalue weighted by atomic mass is 10.1. The van der Waals surface area contributed by atoms with Crippen LogP contribution >= 0.6 is 0 Å². The van der Waals surface area contributed by atoms with E-state index in [-0.39, 0.29) is 6.61 Å². The molecular formula is C15H17NO2. The summed E-state index contributed by atoms with van der Waals surface area (Å²) in [6.07, 6.45) is 0. The first-order chi connectivity index (χ1) is 8.70. The number of nitrogen functional groups attached to an aromatic ring is 1. The predicted octanol–water partition coefficient (Wildman–Crippen LogP) is 2.65. The van der Waals surface area contributed by atoms with Gasteiger partial charge in [-0.15, -0.1) is 0 Å². The lowest BCUT2D eigenvalue weighted by Gasteiger charge is -2.10. The van der Waals surface area contributed by atoms with Gasteiger partial charge in [0.25, 0.3) is 0 Å². The summed E-state index contributed by atoms with van der Waals surface area (Å²) in [5.74, 6) is 0.709. The number of hydrogen-bond acceptors (Lipinski definition) is 3. The fraction of sp³-hybridized carbons (Fsp3) is 0.200. The van der Waals surface area contributed by atoms with Crippen LogP contribution in [-0.2, 0) is 13.2 Å². The van der Waals surface area contributed by atoms with Crippen molar-refractivity contribution in [1.82, 2.24) is 0 Å². The highest BCUT2D eigenvalue weighted by atomic mass is 16.5. The van der Waals surface area contributed by atoms with Gasteiger partial charge in [-0.05, 0) is 29.7 Å². The van der Waals surface area contributed by atoms with Crippen LogP contribution in [0.4, 0.5) is 5.69 Å². The number of rotatable bonds is 4. The summed E-state index contributed by atoms with van der Waals surface area (Å²) in [6, 6.07) is 13.4. The first-order valence-corrected chi connectivity index (χ1v) is 5.87. The number of para-hydroxylation sites is 1. The first-order valence-electron chi connectivity index (χ1n) is 5.87. The molecule has 2 aromatic carbocycles. The second kappa shape index (κ2) is 5.56. The Balaban J connectivity index is 2.04. The molecule has 2 rings (SSSR count). The molecule has 0 aromatic heterocycles. The van der Waals surface area contributed by atoms with E-state index in [4.69, 9.17) is 15.6 Å². The summed E-state index contributed by atoms with van der Waals surface area (Å²) < 4.78 is 5.69. The van der Waals surface area contributed by atoms with Gasteiger partial charge in [0.15, 0.2) is 0 Å². The van der Waals surface area contributed by atoms with Crippen LogP contribution in [0.5, 0.6) is 5.75 Å². The SMILES string of the molecule is Cc1cccc(OCc2ccc(CO)cc2)c1N. The summed E-state index contributed by atoms with van der Waals surface area (Å²) in [5, 5.41) is 8.96. The monoisotopic (exact) mass is 243 g/mol. The molecule has 18 heavy (non-hydrogen) atoms. The lowest BCUT2D eigenvalue weighted by Crippen LogP contribution is -2.00. The maximum Gasteiger partial charge on any atom is 0.142 e. The van der Waals surface area contributed by atoms with Gasteiger partial charge in [-0.2, -0.15) is 0 Å². The van der Waals surface area contributed by atoms with Crippen LogP contribution < -0.4 is 10.5 Å². The molecule has 0 aliphatic heterocycles. The van der Waals surface area contributed by atoms with Gasteiger partial charge in [0.1, 0.15) is 12.4 Å². The molecule has 0 spiro atoms. The summed E-state index contributed by atoms with van der Waals surface area (Å²) in [4.78, 5) is 0. The Morgan fingerprint density at radius 1 is 1.06 bits per heavy atom. The standard InChI is InChI=1S/C15H17NO2/c1-11-3-2-4-14(15(11)16)18-10-13-7-5-12(9-17)6-8-13/h2-8,17H,9-10,16H2,1H3. The highest BCUT2D eigenvalue weighted by Gasteiger charge is 2.03. The molecule has 0 unspecified atom stereocenters. The number of hydrogen-bond donors (Lipinski definition) is 2. The maximum atomic E-state index is 8.96. The van der Waals surface area contributed by atoms with Crippen molar-refractivity contribution in [3.05, 3.63) is 59.2 Å². The van der Waals surface area contributed by atoms with Crippen LogP contribution in [0.2, 0.25) is 0 Å². The second-order valence-electron chi connectivity index (χ2n) is 4.25. The van der Waals surface area contributed by atoms with E-state index in [1.54, 1.807) is 0 Å². The molecule has 2 aromatic rings. The average molecular weight is 243 g/mol. The van der Waals surface area contributed by atoms with Crippen LogP contribution in [-0.4, -0.2) is 5.11 Å². The minimum atomic E-state index is 0.0615. The van der Waals surface area contributed by atoms with Crippen LogP contribution in [0.1, 0.15) is 16.7 Å². The fourth-order valence-corrected chi connectivity index (χ4v) is 1.68. The fourth-order valence-electron chi connectivity index (χ4n) is 1.68. The van der Waals surface area contributed by atoms with E-state index in [1.807, 2.05) is 49.4 Å². The van der Waals surface area contributed by atoms with Crippen molar-refractivity contribution in [2.24, 2.45) is 0 Å². The zero-order valence-corrected chi connectivity index (χ0v) is 10.4. The Morgan fingerprint density at radius 2 is 1.72 bits per heavy atom. The molecule has 0 heterocycles. The van der Waals surface area contributed by atoms with Crippen molar-refractivity contribution in [3.8, 4) is 5.75 Å². The predicted molar refractivity (Wildman–Crippen MR) is 72.3 cm³/mol. The largest absolute Gasteiger partial charge is 0.487 e. The summed E-state index contributed by atoms with van der Waals surface area (Å²) >= 11 is 0. The third-order valence-corrected chi connectivity index (χ3v) is 2.88. The van der Waals surface area contributed by atoms with Crippen molar-refractivity contribution in [2.75, 3.05) is 5.73 Å². The molecule has 3 nitrogen and oxygen atoms in total. The number of benzene rings is 2. The van der Waals surface area contributed by atoms with Crippen molar-refractivity contribution >= 4 is 5.69 Å². The van der Waals surface area contributed by atoms with Gasteiger partial charge in [0.05, 0.1) is 12.3 Å². The molecule has 0 fully saturated rings. The molecule has 0 radical (unpaired) electrons. The maximum absolute atomic E-state index is 8.96. The molecule has 94 valence electrons. The molecule has 0 saturated heterocycles. The quantitative estimate of drug-likeness (QED) is 0.812. The molecule has 0 aliphatic rings. The minimum Gasteiger partial charge on any atom is -0.487 e. The number of aliphatic hydroxyl groups is 1. The van der Waals surface area contributed by atoms with E-state index >= 15 is 0 Å². The highest BCUT2D eigenvalue weighted by molar-refractivity contribution is 5.57. The van der Waals surface area contributed by atoms with Gasteiger partial charge in [0, 0.05) is 0 Å². The Hall–Kier alpha value is -2.00. The number of aryl methyl sites for hydroxylation is 1. The Morgan fingerprint density at radius 3 is 2.39 bits per heavy atom.